The van der Waals surface area contributed by atoms with Gasteiger partial charge in [0.1, 0.15) is 17.7 Å². The van der Waals surface area contributed by atoms with Gasteiger partial charge in [-0.2, -0.15) is 5.10 Å². The summed E-state index contributed by atoms with van der Waals surface area (Å²) in [6.45, 7) is 6.52. The van der Waals surface area contributed by atoms with E-state index in [2.05, 4.69) is 41.3 Å². The molecule has 4 aromatic carbocycles. The second-order valence-electron chi connectivity index (χ2n) is 18.2. The molecule has 0 spiro atoms. The molecule has 4 saturated heterocycles. The third-order valence-corrected chi connectivity index (χ3v) is 13.4. The lowest BCUT2D eigenvalue weighted by molar-refractivity contribution is -0.135. The van der Waals surface area contributed by atoms with Crippen molar-refractivity contribution in [1.29, 1.82) is 0 Å². The number of fused-ring (bicyclic) bond motifs is 1. The van der Waals surface area contributed by atoms with E-state index < -0.39 is 17.7 Å². The summed E-state index contributed by atoms with van der Waals surface area (Å²) in [6, 6.07) is 22.2. The van der Waals surface area contributed by atoms with Gasteiger partial charge in [0, 0.05) is 112 Å². The van der Waals surface area contributed by atoms with Crippen LogP contribution >= 0.6 is 0 Å². The molecule has 0 radical (unpaired) electrons. The third kappa shape index (κ3) is 12.0. The minimum absolute atomic E-state index is 0.00310. The average molecular weight is 961 g/mol. The first-order valence-electron chi connectivity index (χ1n) is 24.1. The predicted molar refractivity (Wildman–Crippen MR) is 261 cm³/mol. The summed E-state index contributed by atoms with van der Waals surface area (Å²) in [4.78, 5) is 71.9. The van der Waals surface area contributed by atoms with Crippen LogP contribution in [0, 0.1) is 11.6 Å². The van der Waals surface area contributed by atoms with Crippen LogP contribution < -0.4 is 31.1 Å². The highest BCUT2D eigenvalue weighted by Crippen LogP contribution is 2.30. The topological polar surface area (TPSA) is 194 Å². The Morgan fingerprint density at radius 1 is 0.714 bits per heavy atom. The molecular weight excluding hydrogens is 903 g/mol. The minimum Gasteiger partial charge on any atom is -0.381 e. The SMILES string of the molecule is O=C1CCC(Nc2ccc(N3CCN(C(=O)CCOCCC(=O)N4CCN(c5ccc(C(=O)Nc6n[nH]c7ccc(Cc8cc(F)cc(F)c8)cc67)c(NC6CCOCC6)c5)CC4)CC3)cc2)C(=O)N1. The molecule has 1 atom stereocenters. The predicted octanol–water partition coefficient (Wildman–Crippen LogP) is 5.29. The number of imide groups is 1. The summed E-state index contributed by atoms with van der Waals surface area (Å²) in [7, 11) is 0. The Balaban J connectivity index is 0.717. The van der Waals surface area contributed by atoms with E-state index in [4.69, 9.17) is 9.47 Å². The number of carbonyl (C=O) groups excluding carboxylic acids is 5. The number of rotatable bonds is 16. The van der Waals surface area contributed by atoms with Gasteiger partial charge in [-0.05, 0) is 104 Å². The number of nitrogens with zero attached hydrogens (tertiary/aromatic N) is 5. The van der Waals surface area contributed by atoms with Gasteiger partial charge in [-0.1, -0.05) is 6.07 Å². The second kappa shape index (κ2) is 22.1. The maximum absolute atomic E-state index is 14.0. The van der Waals surface area contributed by atoms with Gasteiger partial charge in [0.15, 0.2) is 5.82 Å². The molecule has 70 heavy (non-hydrogen) atoms. The van der Waals surface area contributed by atoms with Crippen LogP contribution in [0.2, 0.25) is 0 Å². The van der Waals surface area contributed by atoms with Crippen molar-refractivity contribution in [2.45, 2.75) is 57.0 Å². The Bertz CT molecular complexity index is 2680. The number of halogens is 2. The Morgan fingerprint density at radius 2 is 1.36 bits per heavy atom. The Kier molecular flexibility index (Phi) is 15.1. The van der Waals surface area contributed by atoms with Crippen molar-refractivity contribution < 1.29 is 42.2 Å². The van der Waals surface area contributed by atoms with Crippen LogP contribution in [0.25, 0.3) is 10.9 Å². The zero-order valence-corrected chi connectivity index (χ0v) is 38.9. The van der Waals surface area contributed by atoms with Crippen LogP contribution in [-0.2, 0) is 35.1 Å². The number of carbonyl (C=O) groups is 5. The maximum atomic E-state index is 14.0. The zero-order chi connectivity index (χ0) is 48.6. The molecule has 19 heteroatoms. The van der Waals surface area contributed by atoms with Crippen molar-refractivity contribution in [3.8, 4) is 0 Å². The summed E-state index contributed by atoms with van der Waals surface area (Å²) >= 11 is 0. The number of anilines is 5. The van der Waals surface area contributed by atoms with Crippen LogP contribution in [0.1, 0.15) is 60.0 Å². The molecule has 9 rings (SSSR count). The number of nitrogens with one attached hydrogen (secondary N) is 5. The first kappa shape index (κ1) is 47.9. The number of piperidine rings is 1. The van der Waals surface area contributed by atoms with Gasteiger partial charge in [0.05, 0.1) is 37.1 Å². The smallest absolute Gasteiger partial charge is 0.258 e. The number of aromatic nitrogens is 2. The van der Waals surface area contributed by atoms with Crippen LogP contribution in [0.3, 0.4) is 0 Å². The zero-order valence-electron chi connectivity index (χ0n) is 38.9. The molecule has 5 aromatic rings. The molecule has 17 nitrogen and oxygen atoms in total. The van der Waals surface area contributed by atoms with Crippen molar-refractivity contribution in [3.05, 3.63) is 107 Å². The standard InChI is InChI=1S/C51H58F2N10O7/c52-35-28-34(29-36(53)31-35)27-33-1-8-43-42(30-33)49(59-58-43)57-50(67)41-7-6-40(32-45(41)55-38-11-23-69-24-12-38)61-17-21-63(22-18-61)48(66)14-26-70-25-13-47(65)62-19-15-60(16-20-62)39-4-2-37(3-5-39)54-44-9-10-46(64)56-51(44)68/h1-8,28-32,38,44,54-55H,9-27H2,(H,56,64,68)(H2,57,58,59,67). The van der Waals surface area contributed by atoms with Gasteiger partial charge in [-0.15, -0.1) is 0 Å². The van der Waals surface area contributed by atoms with Crippen LogP contribution in [0.15, 0.2) is 78.9 Å². The lowest BCUT2D eigenvalue weighted by atomic mass is 10.0. The fourth-order valence-electron chi connectivity index (χ4n) is 9.46. The van der Waals surface area contributed by atoms with Crippen molar-refractivity contribution >= 4 is 69.0 Å². The number of benzene rings is 4. The fourth-order valence-corrected chi connectivity index (χ4v) is 9.46. The average Bonchev–Trinajstić information content (AvgIpc) is 3.76. The Hall–Kier alpha value is -7.12. The molecule has 1 unspecified atom stereocenters. The van der Waals surface area contributed by atoms with Crippen molar-refractivity contribution in [2.24, 2.45) is 0 Å². The molecule has 4 aliphatic heterocycles. The number of aromatic amines is 1. The second-order valence-corrected chi connectivity index (χ2v) is 18.2. The van der Waals surface area contributed by atoms with Gasteiger partial charge in [0.2, 0.25) is 23.6 Å². The Morgan fingerprint density at radius 3 is 2.01 bits per heavy atom. The van der Waals surface area contributed by atoms with E-state index in [1.807, 2.05) is 64.4 Å². The molecule has 1 aromatic heterocycles. The molecule has 4 aliphatic rings. The molecule has 0 bridgehead atoms. The number of amides is 5. The van der Waals surface area contributed by atoms with E-state index in [1.54, 1.807) is 6.07 Å². The van der Waals surface area contributed by atoms with E-state index in [0.29, 0.717) is 118 Å². The molecule has 0 saturated carbocycles. The molecule has 368 valence electrons. The van der Waals surface area contributed by atoms with Crippen molar-refractivity contribution in [2.75, 3.05) is 105 Å². The summed E-state index contributed by atoms with van der Waals surface area (Å²) in [6.07, 6.45) is 3.11. The molecule has 5 amide bonds. The molecule has 5 N–H and O–H groups in total. The molecule has 5 heterocycles. The summed E-state index contributed by atoms with van der Waals surface area (Å²) in [5.41, 5.74) is 5.86. The number of hydrogen-bond acceptors (Lipinski definition) is 12. The van der Waals surface area contributed by atoms with Crippen LogP contribution in [-0.4, -0.2) is 140 Å². The highest BCUT2D eigenvalue weighted by molar-refractivity contribution is 6.11. The molecule has 4 fully saturated rings. The van der Waals surface area contributed by atoms with E-state index in [9.17, 15) is 32.8 Å². The number of ether oxygens (including phenoxy) is 2. The van der Waals surface area contributed by atoms with Crippen molar-refractivity contribution in [1.82, 2.24) is 25.3 Å². The van der Waals surface area contributed by atoms with Gasteiger partial charge < -0.3 is 45.0 Å². The van der Waals surface area contributed by atoms with Crippen LogP contribution in [0.4, 0.5) is 37.3 Å². The number of hydrogen-bond donors (Lipinski definition) is 5. The first-order chi connectivity index (χ1) is 34.0. The normalized spacial score (nSPS) is 17.9. The number of piperazine rings is 2. The van der Waals surface area contributed by atoms with Gasteiger partial charge >= 0.3 is 0 Å². The molecular formula is C51H58F2N10O7. The van der Waals surface area contributed by atoms with E-state index in [0.717, 1.165) is 41.5 Å². The van der Waals surface area contributed by atoms with E-state index >= 15 is 0 Å². The summed E-state index contributed by atoms with van der Waals surface area (Å²) in [5, 5.41) is 20.1. The summed E-state index contributed by atoms with van der Waals surface area (Å²) < 4.78 is 39.2. The quantitative estimate of drug-likeness (QED) is 0.0636. The lowest BCUT2D eigenvalue weighted by Crippen LogP contribution is -2.49. The highest BCUT2D eigenvalue weighted by atomic mass is 19.1. The molecule has 0 aliphatic carbocycles. The van der Waals surface area contributed by atoms with Gasteiger partial charge in [-0.25, -0.2) is 8.78 Å². The monoisotopic (exact) mass is 960 g/mol. The Labute approximate surface area is 404 Å². The lowest BCUT2D eigenvalue weighted by Gasteiger charge is -2.36. The maximum Gasteiger partial charge on any atom is 0.258 e. The van der Waals surface area contributed by atoms with Crippen LogP contribution in [0.5, 0.6) is 0 Å². The summed E-state index contributed by atoms with van der Waals surface area (Å²) in [5.74, 6) is -1.84. The minimum atomic E-state index is -0.642. The number of H-pyrrole nitrogens is 1. The highest BCUT2D eigenvalue weighted by Gasteiger charge is 2.28. The van der Waals surface area contributed by atoms with Gasteiger partial charge in [0.25, 0.3) is 5.91 Å². The van der Waals surface area contributed by atoms with E-state index in [1.165, 1.54) is 12.1 Å². The van der Waals surface area contributed by atoms with E-state index in [-0.39, 0.29) is 61.6 Å². The third-order valence-electron chi connectivity index (χ3n) is 13.4. The largest absolute Gasteiger partial charge is 0.381 e. The van der Waals surface area contributed by atoms with Gasteiger partial charge in [-0.3, -0.25) is 34.4 Å². The first-order valence-corrected chi connectivity index (χ1v) is 24.1. The van der Waals surface area contributed by atoms with Crippen molar-refractivity contribution in [3.63, 3.8) is 0 Å². The fraction of sp³-hybridized carbons (Fsp3) is 0.412.